The Balaban J connectivity index is 1.81. The monoisotopic (exact) mass is 280 g/mol. The standard InChI is InChI=1S/C14H17ClN2O2/c15-9-3-4-11(10(8-9)14(18)19)16-12-5-7-17-6-1-2-13(12)17/h3-4,8,12-13,16H,1-2,5-7H2,(H,18,19). The number of carbonyl (C=O) groups is 1. The molecular weight excluding hydrogens is 264 g/mol. The summed E-state index contributed by atoms with van der Waals surface area (Å²) < 4.78 is 0. The van der Waals surface area contributed by atoms with Crippen molar-refractivity contribution in [3.05, 3.63) is 28.8 Å². The van der Waals surface area contributed by atoms with Crippen molar-refractivity contribution >= 4 is 23.3 Å². The van der Waals surface area contributed by atoms with Crippen LogP contribution in [0.25, 0.3) is 0 Å². The van der Waals surface area contributed by atoms with E-state index in [0.717, 1.165) is 13.0 Å². The van der Waals surface area contributed by atoms with E-state index in [9.17, 15) is 9.90 Å². The van der Waals surface area contributed by atoms with Crippen LogP contribution >= 0.6 is 11.6 Å². The minimum absolute atomic E-state index is 0.254. The number of anilines is 1. The Bertz CT molecular complexity index is 506. The van der Waals surface area contributed by atoms with Gasteiger partial charge in [-0.2, -0.15) is 0 Å². The van der Waals surface area contributed by atoms with Crippen molar-refractivity contribution in [1.29, 1.82) is 0 Å². The van der Waals surface area contributed by atoms with E-state index < -0.39 is 5.97 Å². The fraction of sp³-hybridized carbons (Fsp3) is 0.500. The van der Waals surface area contributed by atoms with Crippen LogP contribution in [0.5, 0.6) is 0 Å². The normalized spacial score (nSPS) is 26.4. The van der Waals surface area contributed by atoms with Crippen molar-refractivity contribution in [2.24, 2.45) is 0 Å². The summed E-state index contributed by atoms with van der Waals surface area (Å²) >= 11 is 5.87. The number of halogens is 1. The smallest absolute Gasteiger partial charge is 0.337 e. The van der Waals surface area contributed by atoms with Gasteiger partial charge < -0.3 is 10.4 Å². The van der Waals surface area contributed by atoms with Gasteiger partial charge in [-0.05, 0) is 44.0 Å². The summed E-state index contributed by atoms with van der Waals surface area (Å²) in [6.07, 6.45) is 3.52. The van der Waals surface area contributed by atoms with Crippen molar-refractivity contribution in [3.8, 4) is 0 Å². The number of nitrogens with zero attached hydrogens (tertiary/aromatic N) is 1. The number of aromatic carboxylic acids is 1. The molecule has 19 heavy (non-hydrogen) atoms. The second-order valence-electron chi connectivity index (χ2n) is 5.28. The van der Waals surface area contributed by atoms with E-state index in [1.54, 1.807) is 12.1 Å². The first-order valence-electron chi connectivity index (χ1n) is 6.68. The molecule has 2 N–H and O–H groups in total. The molecular formula is C14H17ClN2O2. The molecule has 102 valence electrons. The van der Waals surface area contributed by atoms with Crippen molar-refractivity contribution < 1.29 is 9.90 Å². The van der Waals surface area contributed by atoms with Crippen LogP contribution in [0, 0.1) is 0 Å². The first-order chi connectivity index (χ1) is 9.15. The van der Waals surface area contributed by atoms with Crippen LogP contribution in [0.1, 0.15) is 29.6 Å². The van der Waals surface area contributed by atoms with Gasteiger partial charge in [-0.15, -0.1) is 0 Å². The molecule has 2 aliphatic rings. The molecule has 2 fully saturated rings. The van der Waals surface area contributed by atoms with Gasteiger partial charge in [0, 0.05) is 29.3 Å². The predicted molar refractivity (Wildman–Crippen MR) is 75.0 cm³/mol. The summed E-state index contributed by atoms with van der Waals surface area (Å²) in [7, 11) is 0. The average Bonchev–Trinajstić information content (AvgIpc) is 2.96. The highest BCUT2D eigenvalue weighted by Gasteiger charge is 2.37. The summed E-state index contributed by atoms with van der Waals surface area (Å²) in [5.74, 6) is -0.939. The zero-order valence-corrected chi connectivity index (χ0v) is 11.4. The zero-order valence-electron chi connectivity index (χ0n) is 10.6. The van der Waals surface area contributed by atoms with Crippen LogP contribution in [-0.2, 0) is 0 Å². The van der Waals surface area contributed by atoms with Gasteiger partial charge in [0.25, 0.3) is 0 Å². The van der Waals surface area contributed by atoms with E-state index in [1.807, 2.05) is 0 Å². The molecule has 3 rings (SSSR count). The van der Waals surface area contributed by atoms with Crippen molar-refractivity contribution in [1.82, 2.24) is 4.90 Å². The summed E-state index contributed by atoms with van der Waals surface area (Å²) in [5.41, 5.74) is 0.930. The Morgan fingerprint density at radius 2 is 2.21 bits per heavy atom. The lowest BCUT2D eigenvalue weighted by Gasteiger charge is -2.23. The lowest BCUT2D eigenvalue weighted by molar-refractivity contribution is 0.0698. The predicted octanol–water partition coefficient (Wildman–Crippen LogP) is 2.69. The third-order valence-corrected chi connectivity index (χ3v) is 4.39. The van der Waals surface area contributed by atoms with E-state index in [0.29, 0.717) is 22.8 Å². The van der Waals surface area contributed by atoms with Gasteiger partial charge >= 0.3 is 5.97 Å². The molecule has 2 saturated heterocycles. The maximum Gasteiger partial charge on any atom is 0.337 e. The molecule has 5 heteroatoms. The summed E-state index contributed by atoms with van der Waals surface area (Å²) in [6.45, 7) is 2.29. The molecule has 1 aromatic carbocycles. The quantitative estimate of drug-likeness (QED) is 0.894. The van der Waals surface area contributed by atoms with Crippen molar-refractivity contribution in [2.75, 3.05) is 18.4 Å². The maximum absolute atomic E-state index is 11.3. The lowest BCUT2D eigenvalue weighted by atomic mass is 10.1. The molecule has 2 unspecified atom stereocenters. The Morgan fingerprint density at radius 1 is 1.37 bits per heavy atom. The number of carboxylic acid groups (broad SMARTS) is 1. The highest BCUT2D eigenvalue weighted by atomic mass is 35.5. The Labute approximate surface area is 117 Å². The van der Waals surface area contributed by atoms with Crippen molar-refractivity contribution in [3.63, 3.8) is 0 Å². The van der Waals surface area contributed by atoms with Gasteiger partial charge in [-0.1, -0.05) is 11.6 Å². The number of rotatable bonds is 3. The largest absolute Gasteiger partial charge is 0.478 e. The zero-order chi connectivity index (χ0) is 13.4. The minimum Gasteiger partial charge on any atom is -0.478 e. The van der Waals surface area contributed by atoms with Crippen LogP contribution in [0.4, 0.5) is 5.69 Å². The number of carboxylic acids is 1. The van der Waals surface area contributed by atoms with Crippen LogP contribution in [0.15, 0.2) is 18.2 Å². The third-order valence-electron chi connectivity index (χ3n) is 4.16. The maximum atomic E-state index is 11.3. The number of hydrogen-bond donors (Lipinski definition) is 2. The number of nitrogens with one attached hydrogen (secondary N) is 1. The SMILES string of the molecule is O=C(O)c1cc(Cl)ccc1NC1CCN2CCCC12. The lowest BCUT2D eigenvalue weighted by Crippen LogP contribution is -2.34. The van der Waals surface area contributed by atoms with Gasteiger partial charge in [-0.25, -0.2) is 4.79 Å². The van der Waals surface area contributed by atoms with Crippen LogP contribution < -0.4 is 5.32 Å². The number of hydrogen-bond acceptors (Lipinski definition) is 3. The molecule has 2 atom stereocenters. The second-order valence-corrected chi connectivity index (χ2v) is 5.72. The molecule has 0 saturated carbocycles. The van der Waals surface area contributed by atoms with Gasteiger partial charge in [-0.3, -0.25) is 4.90 Å². The van der Waals surface area contributed by atoms with E-state index in [1.165, 1.54) is 25.5 Å². The molecule has 0 bridgehead atoms. The topological polar surface area (TPSA) is 52.6 Å². The van der Waals surface area contributed by atoms with E-state index in [2.05, 4.69) is 10.2 Å². The molecule has 0 spiro atoms. The highest BCUT2D eigenvalue weighted by molar-refractivity contribution is 6.31. The molecule has 0 amide bonds. The van der Waals surface area contributed by atoms with Crippen LogP contribution in [0.2, 0.25) is 5.02 Å². The van der Waals surface area contributed by atoms with E-state index in [4.69, 9.17) is 11.6 Å². The van der Waals surface area contributed by atoms with Gasteiger partial charge in [0.1, 0.15) is 0 Å². The summed E-state index contributed by atoms with van der Waals surface area (Å²) in [5, 5.41) is 13.1. The third kappa shape index (κ3) is 2.42. The van der Waals surface area contributed by atoms with Crippen LogP contribution in [0.3, 0.4) is 0 Å². The highest BCUT2D eigenvalue weighted by Crippen LogP contribution is 2.31. The summed E-state index contributed by atoms with van der Waals surface area (Å²) in [4.78, 5) is 13.8. The van der Waals surface area contributed by atoms with Gasteiger partial charge in [0.15, 0.2) is 0 Å². The van der Waals surface area contributed by atoms with Gasteiger partial charge in [0.2, 0.25) is 0 Å². The Hall–Kier alpha value is -1.26. The number of fused-ring (bicyclic) bond motifs is 1. The van der Waals surface area contributed by atoms with Crippen LogP contribution in [-0.4, -0.2) is 41.1 Å². The second kappa shape index (κ2) is 5.02. The fourth-order valence-corrected chi connectivity index (χ4v) is 3.44. The first kappa shape index (κ1) is 12.8. The Kier molecular flexibility index (Phi) is 3.37. The first-order valence-corrected chi connectivity index (χ1v) is 7.06. The molecule has 0 aliphatic carbocycles. The molecule has 0 radical (unpaired) electrons. The molecule has 1 aromatic rings. The number of benzene rings is 1. The molecule has 2 heterocycles. The van der Waals surface area contributed by atoms with E-state index >= 15 is 0 Å². The summed E-state index contributed by atoms with van der Waals surface area (Å²) in [6, 6.07) is 5.91. The molecule has 2 aliphatic heterocycles. The molecule has 0 aromatic heterocycles. The minimum atomic E-state index is -0.939. The average molecular weight is 281 g/mol. The Morgan fingerprint density at radius 3 is 3.00 bits per heavy atom. The fourth-order valence-electron chi connectivity index (χ4n) is 3.27. The van der Waals surface area contributed by atoms with E-state index in [-0.39, 0.29) is 5.56 Å². The van der Waals surface area contributed by atoms with Crippen molar-refractivity contribution in [2.45, 2.75) is 31.3 Å². The molecule has 4 nitrogen and oxygen atoms in total. The van der Waals surface area contributed by atoms with Gasteiger partial charge in [0.05, 0.1) is 5.56 Å².